The fraction of sp³-hybridized carbons (Fsp3) is 0.364. The quantitative estimate of drug-likeness (QED) is 0.717. The highest BCUT2D eigenvalue weighted by Gasteiger charge is 2.31. The Morgan fingerprint density at radius 3 is 2.81 bits per heavy atom. The number of phenolic OH excluding ortho intramolecular Hbond substituents is 1. The number of hydrogen-bond acceptors (Lipinski definition) is 3. The minimum absolute atomic E-state index is 0.117. The summed E-state index contributed by atoms with van der Waals surface area (Å²) in [5, 5.41) is 12.0. The van der Waals surface area contributed by atoms with Gasteiger partial charge < -0.3 is 14.8 Å². The molecule has 0 amide bonds. The summed E-state index contributed by atoms with van der Waals surface area (Å²) in [7, 11) is 1.76. The molecule has 0 spiro atoms. The van der Waals surface area contributed by atoms with E-state index in [-0.39, 0.29) is 12.1 Å². The van der Waals surface area contributed by atoms with Crippen LogP contribution in [0.3, 0.4) is 0 Å². The average molecular weight is 350 g/mol. The van der Waals surface area contributed by atoms with E-state index in [1.807, 2.05) is 12.1 Å². The molecule has 26 heavy (non-hydrogen) atoms. The third kappa shape index (κ3) is 3.11. The van der Waals surface area contributed by atoms with Crippen molar-refractivity contribution in [1.82, 2.24) is 9.88 Å². The van der Waals surface area contributed by atoms with Crippen LogP contribution in [0.15, 0.2) is 48.7 Å². The molecular weight excluding hydrogens is 324 g/mol. The Hall–Kier alpha value is -2.30. The van der Waals surface area contributed by atoms with Gasteiger partial charge >= 0.3 is 0 Å². The number of aromatic nitrogens is 1. The van der Waals surface area contributed by atoms with Gasteiger partial charge in [-0.3, -0.25) is 4.90 Å². The number of H-pyrrole nitrogens is 1. The normalized spacial score (nSPS) is 18.8. The van der Waals surface area contributed by atoms with Crippen molar-refractivity contribution < 1.29 is 9.84 Å². The molecule has 0 aliphatic carbocycles. The zero-order chi connectivity index (χ0) is 18.1. The van der Waals surface area contributed by atoms with Gasteiger partial charge in [-0.2, -0.15) is 0 Å². The van der Waals surface area contributed by atoms with E-state index in [0.29, 0.717) is 5.75 Å². The molecule has 3 aromatic rings. The van der Waals surface area contributed by atoms with Crippen LogP contribution < -0.4 is 0 Å². The highest BCUT2D eigenvalue weighted by molar-refractivity contribution is 5.89. The van der Waals surface area contributed by atoms with E-state index in [4.69, 9.17) is 4.74 Å². The van der Waals surface area contributed by atoms with Crippen LogP contribution in [-0.4, -0.2) is 34.7 Å². The summed E-state index contributed by atoms with van der Waals surface area (Å²) in [5.41, 5.74) is 4.72. The van der Waals surface area contributed by atoms with Gasteiger partial charge in [0, 0.05) is 48.9 Å². The van der Waals surface area contributed by atoms with Crippen LogP contribution in [0.4, 0.5) is 0 Å². The third-order valence-corrected chi connectivity index (χ3v) is 5.57. The maximum absolute atomic E-state index is 10.8. The number of ether oxygens (including phenoxy) is 1. The summed E-state index contributed by atoms with van der Waals surface area (Å²) < 4.78 is 5.58. The highest BCUT2D eigenvalue weighted by Crippen LogP contribution is 2.42. The summed E-state index contributed by atoms with van der Waals surface area (Å²) in [4.78, 5) is 5.85. The second-order valence-electron chi connectivity index (χ2n) is 7.24. The molecule has 0 fully saturated rings. The van der Waals surface area contributed by atoms with Crippen LogP contribution in [0.25, 0.3) is 10.9 Å². The first-order valence-electron chi connectivity index (χ1n) is 9.30. The Balaban J connectivity index is 1.79. The number of aromatic hydroxyl groups is 1. The Kier molecular flexibility index (Phi) is 4.70. The van der Waals surface area contributed by atoms with Gasteiger partial charge in [0.15, 0.2) is 0 Å². The summed E-state index contributed by atoms with van der Waals surface area (Å²) in [6.07, 6.45) is 4.03. The molecule has 136 valence electrons. The first-order chi connectivity index (χ1) is 12.7. The molecule has 1 aromatic heterocycles. The van der Waals surface area contributed by atoms with Crippen LogP contribution in [0.2, 0.25) is 0 Å². The lowest BCUT2D eigenvalue weighted by atomic mass is 9.94. The van der Waals surface area contributed by atoms with E-state index in [9.17, 15) is 5.11 Å². The maximum atomic E-state index is 10.8. The molecule has 2 unspecified atom stereocenters. The molecule has 2 N–H and O–H groups in total. The van der Waals surface area contributed by atoms with Crippen molar-refractivity contribution in [2.45, 2.75) is 38.5 Å². The third-order valence-electron chi connectivity index (χ3n) is 5.57. The second kappa shape index (κ2) is 7.14. The summed E-state index contributed by atoms with van der Waals surface area (Å²) in [5.74, 6) is 0.381. The molecule has 0 saturated heterocycles. The predicted molar refractivity (Wildman–Crippen MR) is 104 cm³/mol. The van der Waals surface area contributed by atoms with Gasteiger partial charge in [-0.25, -0.2) is 0 Å². The lowest BCUT2D eigenvalue weighted by Gasteiger charge is -2.33. The largest absolute Gasteiger partial charge is 0.508 e. The fourth-order valence-electron chi connectivity index (χ4n) is 4.13. The van der Waals surface area contributed by atoms with Gasteiger partial charge in [0.1, 0.15) is 5.75 Å². The number of hydrogen-bond donors (Lipinski definition) is 2. The van der Waals surface area contributed by atoms with Crippen LogP contribution in [-0.2, 0) is 17.7 Å². The zero-order valence-corrected chi connectivity index (χ0v) is 15.4. The van der Waals surface area contributed by atoms with Gasteiger partial charge in [0.05, 0.1) is 6.10 Å². The van der Waals surface area contributed by atoms with E-state index in [2.05, 4.69) is 53.3 Å². The SMILES string of the molecule is COC(C)CC1c2c(O)ccc3[nH]cc(c23)CCN1Cc1ccccc1. The van der Waals surface area contributed by atoms with Crippen LogP contribution in [0.1, 0.15) is 36.1 Å². The molecule has 2 atom stereocenters. The Morgan fingerprint density at radius 1 is 1.23 bits per heavy atom. The van der Waals surface area contributed by atoms with Crippen molar-refractivity contribution in [3.63, 3.8) is 0 Å². The van der Waals surface area contributed by atoms with E-state index in [1.54, 1.807) is 7.11 Å². The lowest BCUT2D eigenvalue weighted by Crippen LogP contribution is -2.31. The Morgan fingerprint density at radius 2 is 2.04 bits per heavy atom. The number of nitrogens with zero attached hydrogens (tertiary/aromatic N) is 1. The van der Waals surface area contributed by atoms with Crippen molar-refractivity contribution in [1.29, 1.82) is 0 Å². The van der Waals surface area contributed by atoms with Crippen molar-refractivity contribution in [3.8, 4) is 5.75 Å². The number of nitrogens with one attached hydrogen (secondary N) is 1. The maximum Gasteiger partial charge on any atom is 0.121 e. The molecule has 4 rings (SSSR count). The monoisotopic (exact) mass is 350 g/mol. The van der Waals surface area contributed by atoms with Gasteiger partial charge in [-0.15, -0.1) is 0 Å². The van der Waals surface area contributed by atoms with E-state index in [1.165, 1.54) is 16.5 Å². The first kappa shape index (κ1) is 17.1. The number of methoxy groups -OCH3 is 1. The Labute approximate surface area is 154 Å². The fourth-order valence-corrected chi connectivity index (χ4v) is 4.13. The minimum Gasteiger partial charge on any atom is -0.508 e. The molecule has 0 saturated carbocycles. The smallest absolute Gasteiger partial charge is 0.121 e. The van der Waals surface area contributed by atoms with Crippen molar-refractivity contribution in [2.24, 2.45) is 0 Å². The molecule has 4 heteroatoms. The predicted octanol–water partition coefficient (Wildman–Crippen LogP) is 4.40. The summed E-state index contributed by atoms with van der Waals surface area (Å²) in [6, 6.07) is 14.5. The standard InChI is InChI=1S/C22H26N2O2/c1-15(26-2)12-19-22-20(25)9-8-18-21(22)17(13-23-18)10-11-24(19)14-16-6-4-3-5-7-16/h3-9,13,15,19,23,25H,10-12,14H2,1-2H3. The Bertz CT molecular complexity index is 888. The lowest BCUT2D eigenvalue weighted by molar-refractivity contribution is 0.0692. The average Bonchev–Trinajstić information content (AvgIpc) is 3.00. The van der Waals surface area contributed by atoms with Crippen molar-refractivity contribution in [3.05, 3.63) is 65.4 Å². The van der Waals surface area contributed by atoms with Crippen LogP contribution in [0.5, 0.6) is 5.75 Å². The molecule has 1 aliphatic heterocycles. The zero-order valence-electron chi connectivity index (χ0n) is 15.4. The highest BCUT2D eigenvalue weighted by atomic mass is 16.5. The second-order valence-corrected chi connectivity index (χ2v) is 7.24. The summed E-state index contributed by atoms with van der Waals surface area (Å²) >= 11 is 0. The van der Waals surface area contributed by atoms with Crippen LogP contribution >= 0.6 is 0 Å². The molecule has 2 heterocycles. The number of phenols is 1. The van der Waals surface area contributed by atoms with Gasteiger partial charge in [-0.05, 0) is 43.0 Å². The molecule has 0 radical (unpaired) electrons. The molecule has 4 nitrogen and oxygen atoms in total. The van der Waals surface area contributed by atoms with Gasteiger partial charge in [0.25, 0.3) is 0 Å². The van der Waals surface area contributed by atoms with E-state index < -0.39 is 0 Å². The molecule has 2 aromatic carbocycles. The van der Waals surface area contributed by atoms with Crippen LogP contribution in [0, 0.1) is 0 Å². The van der Waals surface area contributed by atoms with Crippen molar-refractivity contribution >= 4 is 10.9 Å². The molecule has 0 bridgehead atoms. The number of aromatic amines is 1. The minimum atomic E-state index is 0.117. The van der Waals surface area contributed by atoms with E-state index in [0.717, 1.165) is 37.0 Å². The topological polar surface area (TPSA) is 48.5 Å². The molecule has 1 aliphatic rings. The number of benzene rings is 2. The van der Waals surface area contributed by atoms with Gasteiger partial charge in [-0.1, -0.05) is 30.3 Å². The summed E-state index contributed by atoms with van der Waals surface area (Å²) in [6.45, 7) is 3.92. The first-order valence-corrected chi connectivity index (χ1v) is 9.30. The number of rotatable bonds is 5. The molecular formula is C22H26N2O2. The van der Waals surface area contributed by atoms with Gasteiger partial charge in [0.2, 0.25) is 0 Å². The van der Waals surface area contributed by atoms with Crippen molar-refractivity contribution in [2.75, 3.05) is 13.7 Å². The van der Waals surface area contributed by atoms with E-state index >= 15 is 0 Å².